The highest BCUT2D eigenvalue weighted by atomic mass is 16.5. The van der Waals surface area contributed by atoms with Gasteiger partial charge in [-0.15, -0.1) is 0 Å². The Labute approximate surface area is 188 Å². The summed E-state index contributed by atoms with van der Waals surface area (Å²) >= 11 is 0. The van der Waals surface area contributed by atoms with E-state index in [0.29, 0.717) is 18.7 Å². The predicted octanol–water partition coefficient (Wildman–Crippen LogP) is 3.13. The molecule has 2 heterocycles. The van der Waals surface area contributed by atoms with Gasteiger partial charge in [-0.2, -0.15) is 0 Å². The van der Waals surface area contributed by atoms with Crippen molar-refractivity contribution >= 4 is 12.2 Å². The van der Waals surface area contributed by atoms with Gasteiger partial charge in [0.2, 0.25) is 6.41 Å². The zero-order chi connectivity index (χ0) is 22.4. The second kappa shape index (κ2) is 10.7. The van der Waals surface area contributed by atoms with E-state index in [2.05, 4.69) is 48.9 Å². The molecule has 1 N–H and O–H groups in total. The first-order chi connectivity index (χ1) is 14.8. The number of piperazine rings is 1. The van der Waals surface area contributed by atoms with E-state index in [-0.39, 0.29) is 5.41 Å². The summed E-state index contributed by atoms with van der Waals surface area (Å²) in [5.41, 5.74) is 0.857. The third kappa shape index (κ3) is 6.62. The van der Waals surface area contributed by atoms with Crippen LogP contribution in [-0.2, 0) is 21.6 Å². The smallest absolute Gasteiger partial charge is 0.207 e. The van der Waals surface area contributed by atoms with E-state index in [1.54, 1.807) is 7.11 Å². The first-order valence-electron chi connectivity index (χ1n) is 11.9. The van der Waals surface area contributed by atoms with E-state index in [0.717, 1.165) is 62.1 Å². The van der Waals surface area contributed by atoms with Crippen LogP contribution in [0.5, 0.6) is 0 Å². The lowest BCUT2D eigenvalue weighted by Crippen LogP contribution is -2.52. The summed E-state index contributed by atoms with van der Waals surface area (Å²) in [6.07, 6.45) is 6.84. The second-order valence-electron chi connectivity index (χ2n) is 10.4. The summed E-state index contributed by atoms with van der Waals surface area (Å²) in [6.45, 7) is 13.6. The lowest BCUT2D eigenvalue weighted by Gasteiger charge is -2.41. The van der Waals surface area contributed by atoms with E-state index in [4.69, 9.17) is 14.7 Å². The molecule has 7 nitrogen and oxygen atoms in total. The van der Waals surface area contributed by atoms with Gasteiger partial charge in [-0.05, 0) is 51.5 Å². The molecule has 31 heavy (non-hydrogen) atoms. The average molecular weight is 432 g/mol. The number of anilines is 1. The SMILES string of the molecule is COCc1cc(N2CCN(CCC3CCC(NC=O)CC3)CC2C)nc(C(C)(C)C)n1. The molecular formula is C24H41N5O2. The number of amides is 1. The fourth-order valence-electron chi connectivity index (χ4n) is 4.84. The monoisotopic (exact) mass is 431 g/mol. The number of rotatable bonds is 8. The number of nitrogens with one attached hydrogen (secondary N) is 1. The molecule has 1 aliphatic heterocycles. The minimum Gasteiger partial charge on any atom is -0.378 e. The van der Waals surface area contributed by atoms with Crippen molar-refractivity contribution in [1.82, 2.24) is 20.2 Å². The Morgan fingerprint density at radius 1 is 1.19 bits per heavy atom. The normalized spacial score (nSPS) is 25.5. The molecule has 1 aromatic heterocycles. The maximum Gasteiger partial charge on any atom is 0.207 e. The van der Waals surface area contributed by atoms with Crippen LogP contribution in [0, 0.1) is 5.92 Å². The zero-order valence-corrected chi connectivity index (χ0v) is 20.1. The summed E-state index contributed by atoms with van der Waals surface area (Å²) in [5, 5.41) is 2.95. The van der Waals surface area contributed by atoms with Gasteiger partial charge in [0.15, 0.2) is 0 Å². The summed E-state index contributed by atoms with van der Waals surface area (Å²) in [4.78, 5) is 25.3. The number of carbonyl (C=O) groups is 1. The Morgan fingerprint density at radius 2 is 1.94 bits per heavy atom. The standard InChI is InChI=1S/C24H41N5O2/c1-18-15-28(11-10-19-6-8-20(9-7-19)25-17-30)12-13-29(18)22-14-21(16-31-5)26-23(27-22)24(2,3)4/h14,17-20H,6-13,15-16H2,1-5H3,(H,25,30). The number of hydrogen-bond donors (Lipinski definition) is 1. The van der Waals surface area contributed by atoms with Crippen molar-refractivity contribution in [2.75, 3.05) is 38.2 Å². The summed E-state index contributed by atoms with van der Waals surface area (Å²) in [7, 11) is 1.71. The van der Waals surface area contributed by atoms with Crippen LogP contribution in [0.2, 0.25) is 0 Å². The number of aromatic nitrogens is 2. The first kappa shape index (κ1) is 23.9. The van der Waals surface area contributed by atoms with Crippen molar-refractivity contribution < 1.29 is 9.53 Å². The van der Waals surface area contributed by atoms with E-state index in [1.807, 2.05) is 0 Å². The summed E-state index contributed by atoms with van der Waals surface area (Å²) < 4.78 is 5.35. The van der Waals surface area contributed by atoms with Gasteiger partial charge in [0.05, 0.1) is 12.3 Å². The van der Waals surface area contributed by atoms with Gasteiger partial charge < -0.3 is 15.0 Å². The Bertz CT molecular complexity index is 712. The van der Waals surface area contributed by atoms with Gasteiger partial charge in [-0.25, -0.2) is 9.97 Å². The van der Waals surface area contributed by atoms with Crippen LogP contribution in [0.15, 0.2) is 6.07 Å². The van der Waals surface area contributed by atoms with Gasteiger partial charge in [-0.3, -0.25) is 9.69 Å². The highest BCUT2D eigenvalue weighted by molar-refractivity contribution is 5.46. The molecule has 1 unspecified atom stereocenters. The zero-order valence-electron chi connectivity index (χ0n) is 20.1. The van der Waals surface area contributed by atoms with Crippen molar-refractivity contribution in [3.8, 4) is 0 Å². The molecular weight excluding hydrogens is 390 g/mol. The molecule has 1 aromatic rings. The maximum absolute atomic E-state index is 10.6. The lowest BCUT2D eigenvalue weighted by molar-refractivity contribution is -0.110. The van der Waals surface area contributed by atoms with Crippen LogP contribution in [0.25, 0.3) is 0 Å². The summed E-state index contributed by atoms with van der Waals surface area (Å²) in [5.74, 6) is 2.71. The van der Waals surface area contributed by atoms with E-state index in [9.17, 15) is 4.79 Å². The fourth-order valence-corrected chi connectivity index (χ4v) is 4.84. The van der Waals surface area contributed by atoms with Crippen LogP contribution in [0.1, 0.15) is 71.3 Å². The van der Waals surface area contributed by atoms with Gasteiger partial charge in [-0.1, -0.05) is 20.8 Å². The highest BCUT2D eigenvalue weighted by Gasteiger charge is 2.28. The van der Waals surface area contributed by atoms with E-state index >= 15 is 0 Å². The lowest BCUT2D eigenvalue weighted by atomic mass is 9.84. The van der Waals surface area contributed by atoms with Crippen molar-refractivity contribution in [2.24, 2.45) is 5.92 Å². The molecule has 1 saturated heterocycles. The average Bonchev–Trinajstić information content (AvgIpc) is 2.73. The van der Waals surface area contributed by atoms with Gasteiger partial charge in [0.25, 0.3) is 0 Å². The number of methoxy groups -OCH3 is 1. The van der Waals surface area contributed by atoms with Crippen molar-refractivity contribution in [3.63, 3.8) is 0 Å². The molecule has 0 radical (unpaired) electrons. The van der Waals surface area contributed by atoms with Crippen LogP contribution in [0.3, 0.4) is 0 Å². The molecule has 1 saturated carbocycles. The Kier molecular flexibility index (Phi) is 8.28. The first-order valence-corrected chi connectivity index (χ1v) is 11.9. The minimum atomic E-state index is -0.0934. The van der Waals surface area contributed by atoms with Crippen LogP contribution in [-0.4, -0.2) is 66.7 Å². The van der Waals surface area contributed by atoms with Crippen LogP contribution < -0.4 is 10.2 Å². The molecule has 1 amide bonds. The number of hydrogen-bond acceptors (Lipinski definition) is 6. The van der Waals surface area contributed by atoms with E-state index < -0.39 is 0 Å². The molecule has 0 aromatic carbocycles. The third-order valence-corrected chi connectivity index (χ3v) is 6.74. The molecule has 1 atom stereocenters. The Hall–Kier alpha value is -1.73. The quantitative estimate of drug-likeness (QED) is 0.638. The molecule has 2 aliphatic rings. The Balaban J connectivity index is 1.55. The molecule has 0 spiro atoms. The predicted molar refractivity (Wildman–Crippen MR) is 124 cm³/mol. The molecule has 7 heteroatoms. The highest BCUT2D eigenvalue weighted by Crippen LogP contribution is 2.28. The van der Waals surface area contributed by atoms with Gasteiger partial charge >= 0.3 is 0 Å². The number of ether oxygens (including phenoxy) is 1. The largest absolute Gasteiger partial charge is 0.378 e. The minimum absolute atomic E-state index is 0.0934. The molecule has 3 rings (SSSR count). The topological polar surface area (TPSA) is 70.6 Å². The van der Waals surface area contributed by atoms with Gasteiger partial charge in [0.1, 0.15) is 11.6 Å². The second-order valence-corrected chi connectivity index (χ2v) is 10.4. The van der Waals surface area contributed by atoms with Crippen LogP contribution in [0.4, 0.5) is 5.82 Å². The van der Waals surface area contributed by atoms with E-state index in [1.165, 1.54) is 25.8 Å². The van der Waals surface area contributed by atoms with Gasteiger partial charge in [0, 0.05) is 50.3 Å². The number of nitrogens with zero attached hydrogens (tertiary/aromatic N) is 4. The fraction of sp³-hybridized carbons (Fsp3) is 0.792. The molecule has 174 valence electrons. The third-order valence-electron chi connectivity index (χ3n) is 6.74. The van der Waals surface area contributed by atoms with Crippen molar-refractivity contribution in [3.05, 3.63) is 17.6 Å². The summed E-state index contributed by atoms with van der Waals surface area (Å²) in [6, 6.07) is 2.90. The molecule has 1 aliphatic carbocycles. The van der Waals surface area contributed by atoms with Crippen molar-refractivity contribution in [2.45, 2.75) is 83.9 Å². The number of carbonyl (C=O) groups excluding carboxylic acids is 1. The molecule has 2 fully saturated rings. The Morgan fingerprint density at radius 3 is 2.55 bits per heavy atom. The van der Waals surface area contributed by atoms with Crippen molar-refractivity contribution in [1.29, 1.82) is 0 Å². The maximum atomic E-state index is 10.6. The van der Waals surface area contributed by atoms with Crippen LogP contribution >= 0.6 is 0 Å². The molecule has 0 bridgehead atoms.